The molecule has 0 amide bonds. The minimum absolute atomic E-state index is 0.140. The third kappa shape index (κ3) is 3.33. The van der Waals surface area contributed by atoms with Crippen LogP contribution in [0.1, 0.15) is 19.3 Å². The summed E-state index contributed by atoms with van der Waals surface area (Å²) in [6.45, 7) is 0.809. The summed E-state index contributed by atoms with van der Waals surface area (Å²) in [6.07, 6.45) is 4.12. The number of nitrogens with zero attached hydrogens (tertiary/aromatic N) is 2. The molecular formula is C13H17BrN2O5. The molecule has 1 heterocycles. The first-order valence-corrected chi connectivity index (χ1v) is 7.42. The number of rotatable bonds is 3. The van der Waals surface area contributed by atoms with E-state index in [9.17, 15) is 20.0 Å². The van der Waals surface area contributed by atoms with Crippen LogP contribution in [0.5, 0.6) is 0 Å². The van der Waals surface area contributed by atoms with Crippen molar-refractivity contribution in [1.29, 1.82) is 0 Å². The Kier molecular flexibility index (Phi) is 4.80. The van der Waals surface area contributed by atoms with Crippen molar-refractivity contribution in [2.24, 2.45) is 0 Å². The number of halogens is 1. The molecule has 1 aliphatic heterocycles. The molecule has 7 nitrogen and oxygen atoms in total. The summed E-state index contributed by atoms with van der Waals surface area (Å²) in [5, 5.41) is 21.4. The van der Waals surface area contributed by atoms with E-state index in [1.807, 2.05) is 4.90 Å². The number of ether oxygens (including phenoxy) is 1. The number of allylic oxidation sites excluding steroid dienone is 2. The highest BCUT2D eigenvalue weighted by Crippen LogP contribution is 2.32. The van der Waals surface area contributed by atoms with Gasteiger partial charge >= 0.3 is 5.97 Å². The molecule has 0 aromatic carbocycles. The van der Waals surface area contributed by atoms with Crippen molar-refractivity contribution in [2.45, 2.75) is 30.9 Å². The lowest BCUT2D eigenvalue weighted by Gasteiger charge is -2.39. The maximum Gasteiger partial charge on any atom is 0.337 e. The summed E-state index contributed by atoms with van der Waals surface area (Å²) in [6, 6.07) is -0.346. The second-order valence-corrected chi connectivity index (χ2v) is 6.26. The standard InChI is InChI=1S/C13H17BrN2O5/c1-21-12(17)13(18)4-6-15(7-5-13)11-8-9(14)2-3-10(11)16(19)20/h2-3,11,18H,4-8H2,1H3. The second kappa shape index (κ2) is 6.25. The molecule has 0 saturated carbocycles. The molecule has 21 heavy (non-hydrogen) atoms. The Bertz CT molecular complexity index is 509. The van der Waals surface area contributed by atoms with Crippen molar-refractivity contribution in [3.63, 3.8) is 0 Å². The summed E-state index contributed by atoms with van der Waals surface area (Å²) >= 11 is 3.37. The van der Waals surface area contributed by atoms with Gasteiger partial charge in [0.25, 0.3) is 5.70 Å². The molecule has 1 unspecified atom stereocenters. The normalized spacial score (nSPS) is 25.8. The molecule has 1 N–H and O–H groups in total. The first-order chi connectivity index (χ1) is 9.87. The Morgan fingerprint density at radius 1 is 1.52 bits per heavy atom. The fraction of sp³-hybridized carbons (Fsp3) is 0.615. The van der Waals surface area contributed by atoms with Crippen molar-refractivity contribution < 1.29 is 19.6 Å². The van der Waals surface area contributed by atoms with Crippen LogP contribution in [0, 0.1) is 10.1 Å². The Hall–Kier alpha value is -1.25. The summed E-state index contributed by atoms with van der Waals surface area (Å²) in [4.78, 5) is 24.3. The van der Waals surface area contributed by atoms with E-state index in [-0.39, 0.29) is 29.5 Å². The van der Waals surface area contributed by atoms with Crippen molar-refractivity contribution in [1.82, 2.24) is 4.90 Å². The van der Waals surface area contributed by atoms with Gasteiger partial charge < -0.3 is 9.84 Å². The lowest BCUT2D eigenvalue weighted by Crippen LogP contribution is -2.53. The predicted molar refractivity (Wildman–Crippen MR) is 78.3 cm³/mol. The number of hydrogen-bond acceptors (Lipinski definition) is 6. The minimum atomic E-state index is -1.48. The highest BCUT2D eigenvalue weighted by Gasteiger charge is 2.43. The van der Waals surface area contributed by atoms with E-state index in [1.54, 1.807) is 6.08 Å². The zero-order valence-electron chi connectivity index (χ0n) is 11.6. The SMILES string of the molecule is COC(=O)C1(O)CCN(C2CC(Br)=CC=C2[N+](=O)[O-])CC1. The summed E-state index contributed by atoms with van der Waals surface area (Å²) in [5.41, 5.74) is -1.34. The van der Waals surface area contributed by atoms with Crippen molar-refractivity contribution in [3.05, 3.63) is 32.4 Å². The molecule has 8 heteroatoms. The van der Waals surface area contributed by atoms with Crippen LogP contribution < -0.4 is 0 Å². The smallest absolute Gasteiger partial charge is 0.337 e. The van der Waals surface area contributed by atoms with Crippen LogP contribution in [0.25, 0.3) is 0 Å². The van der Waals surface area contributed by atoms with Gasteiger partial charge in [-0.3, -0.25) is 15.0 Å². The number of piperidine rings is 1. The van der Waals surface area contributed by atoms with E-state index in [1.165, 1.54) is 13.2 Å². The lowest BCUT2D eigenvalue weighted by atomic mass is 9.89. The summed E-state index contributed by atoms with van der Waals surface area (Å²) in [5.74, 6) is -0.642. The summed E-state index contributed by atoms with van der Waals surface area (Å²) < 4.78 is 5.50. The summed E-state index contributed by atoms with van der Waals surface area (Å²) in [7, 11) is 1.24. The van der Waals surface area contributed by atoms with Crippen LogP contribution in [-0.2, 0) is 9.53 Å². The first kappa shape index (κ1) is 16.1. The van der Waals surface area contributed by atoms with Crippen LogP contribution in [-0.4, -0.2) is 52.7 Å². The number of aliphatic hydroxyl groups is 1. The molecule has 0 aromatic heterocycles. The molecule has 1 aliphatic carbocycles. The van der Waals surface area contributed by atoms with Crippen LogP contribution in [0.3, 0.4) is 0 Å². The quantitative estimate of drug-likeness (QED) is 0.461. The van der Waals surface area contributed by atoms with Crippen molar-refractivity contribution in [3.8, 4) is 0 Å². The van der Waals surface area contributed by atoms with E-state index >= 15 is 0 Å². The van der Waals surface area contributed by atoms with Gasteiger partial charge in [0.1, 0.15) is 6.04 Å². The molecule has 0 radical (unpaired) electrons. The number of hydrogen-bond donors (Lipinski definition) is 1. The van der Waals surface area contributed by atoms with Gasteiger partial charge in [-0.1, -0.05) is 15.9 Å². The molecule has 1 atom stereocenters. The van der Waals surface area contributed by atoms with Gasteiger partial charge in [-0.15, -0.1) is 0 Å². The fourth-order valence-corrected chi connectivity index (χ4v) is 3.18. The third-order valence-corrected chi connectivity index (χ3v) is 4.59. The average molecular weight is 361 g/mol. The minimum Gasteiger partial charge on any atom is -0.467 e. The van der Waals surface area contributed by atoms with E-state index in [0.717, 1.165) is 4.48 Å². The Morgan fingerprint density at radius 3 is 2.67 bits per heavy atom. The number of methoxy groups -OCH3 is 1. The van der Waals surface area contributed by atoms with Crippen LogP contribution in [0.2, 0.25) is 0 Å². The Morgan fingerprint density at radius 2 is 2.14 bits per heavy atom. The molecule has 2 rings (SSSR count). The topological polar surface area (TPSA) is 92.9 Å². The number of likely N-dealkylation sites (tertiary alicyclic amines) is 1. The maximum atomic E-state index is 11.6. The largest absolute Gasteiger partial charge is 0.467 e. The van der Waals surface area contributed by atoms with Gasteiger partial charge in [0, 0.05) is 25.6 Å². The van der Waals surface area contributed by atoms with Crippen molar-refractivity contribution >= 4 is 21.9 Å². The molecule has 2 aliphatic rings. The molecule has 1 fully saturated rings. The van der Waals surface area contributed by atoms with E-state index in [2.05, 4.69) is 20.7 Å². The first-order valence-electron chi connectivity index (χ1n) is 6.63. The average Bonchev–Trinajstić information content (AvgIpc) is 2.46. The molecule has 0 aromatic rings. The Balaban J connectivity index is 2.08. The zero-order valence-corrected chi connectivity index (χ0v) is 13.2. The van der Waals surface area contributed by atoms with Gasteiger partial charge in [-0.2, -0.15) is 0 Å². The monoisotopic (exact) mass is 360 g/mol. The lowest BCUT2D eigenvalue weighted by molar-refractivity contribution is -0.433. The van der Waals surface area contributed by atoms with Gasteiger partial charge in [-0.05, 0) is 23.4 Å². The number of carbonyl (C=O) groups is 1. The zero-order chi connectivity index (χ0) is 15.6. The highest BCUT2D eigenvalue weighted by atomic mass is 79.9. The Labute approximate surface area is 130 Å². The number of carbonyl (C=O) groups excluding carboxylic acids is 1. The maximum absolute atomic E-state index is 11.6. The van der Waals surface area contributed by atoms with Gasteiger partial charge in [0.2, 0.25) is 0 Å². The van der Waals surface area contributed by atoms with E-state index < -0.39 is 11.6 Å². The van der Waals surface area contributed by atoms with Gasteiger partial charge in [0.05, 0.1) is 12.0 Å². The van der Waals surface area contributed by atoms with Crippen LogP contribution in [0.15, 0.2) is 22.3 Å². The van der Waals surface area contributed by atoms with E-state index in [0.29, 0.717) is 19.5 Å². The van der Waals surface area contributed by atoms with Crippen LogP contribution in [0.4, 0.5) is 0 Å². The molecule has 116 valence electrons. The fourth-order valence-electron chi connectivity index (χ4n) is 2.74. The van der Waals surface area contributed by atoms with Gasteiger partial charge in [0.15, 0.2) is 5.60 Å². The molecule has 0 bridgehead atoms. The highest BCUT2D eigenvalue weighted by molar-refractivity contribution is 9.11. The number of nitro groups is 1. The van der Waals surface area contributed by atoms with E-state index in [4.69, 9.17) is 0 Å². The third-order valence-electron chi connectivity index (χ3n) is 4.01. The van der Waals surface area contributed by atoms with Crippen LogP contribution >= 0.6 is 15.9 Å². The number of esters is 1. The second-order valence-electron chi connectivity index (χ2n) is 5.24. The predicted octanol–water partition coefficient (Wildman–Crippen LogP) is 1.20. The molecular weight excluding hydrogens is 344 g/mol. The van der Waals surface area contributed by atoms with Gasteiger partial charge in [-0.25, -0.2) is 4.79 Å². The molecule has 1 saturated heterocycles. The van der Waals surface area contributed by atoms with Crippen molar-refractivity contribution in [2.75, 3.05) is 20.2 Å². The molecule has 0 spiro atoms.